The number of fused-ring (bicyclic) bond motifs is 1. The molecule has 9 heteroatoms. The summed E-state index contributed by atoms with van der Waals surface area (Å²) in [7, 11) is 0. The first kappa shape index (κ1) is 20.8. The molecule has 3 fully saturated rings. The van der Waals surface area contributed by atoms with E-state index in [0.29, 0.717) is 18.5 Å². The minimum Gasteiger partial charge on any atom is -0.389 e. The van der Waals surface area contributed by atoms with E-state index in [4.69, 9.17) is 4.98 Å². The maximum absolute atomic E-state index is 10.1. The van der Waals surface area contributed by atoms with E-state index in [0.717, 1.165) is 50.7 Å². The van der Waals surface area contributed by atoms with Crippen LogP contribution in [-0.4, -0.2) is 64.2 Å². The fourth-order valence-electron chi connectivity index (χ4n) is 5.04. The summed E-state index contributed by atoms with van der Waals surface area (Å²) in [4.78, 5) is 7.41. The van der Waals surface area contributed by atoms with Crippen LogP contribution >= 0.6 is 0 Å². The Hall–Kier alpha value is -2.04. The highest BCUT2D eigenvalue weighted by Crippen LogP contribution is 2.38. The Kier molecular flexibility index (Phi) is 5.70. The second kappa shape index (κ2) is 8.48. The van der Waals surface area contributed by atoms with Crippen molar-refractivity contribution in [1.82, 2.24) is 36.2 Å². The lowest BCUT2D eigenvalue weighted by molar-refractivity contribution is 0.0577. The molecule has 0 bridgehead atoms. The lowest BCUT2D eigenvalue weighted by atomic mass is 9.82. The van der Waals surface area contributed by atoms with Crippen molar-refractivity contribution in [2.45, 2.75) is 50.5 Å². The lowest BCUT2D eigenvalue weighted by Crippen LogP contribution is -2.46. The third-order valence-electron chi connectivity index (χ3n) is 6.58. The number of anilines is 1. The van der Waals surface area contributed by atoms with Crippen LogP contribution in [0.4, 0.5) is 5.82 Å². The van der Waals surface area contributed by atoms with Crippen LogP contribution < -0.4 is 26.4 Å². The van der Waals surface area contributed by atoms with Gasteiger partial charge in [-0.25, -0.2) is 10.4 Å². The van der Waals surface area contributed by atoms with Crippen LogP contribution in [-0.2, 0) is 6.54 Å². The first-order valence-electron chi connectivity index (χ1n) is 11.4. The first-order valence-corrected chi connectivity index (χ1v) is 11.4. The van der Waals surface area contributed by atoms with Gasteiger partial charge in [0.2, 0.25) is 0 Å². The Balaban J connectivity index is 1.31. The van der Waals surface area contributed by atoms with Gasteiger partial charge >= 0.3 is 0 Å². The van der Waals surface area contributed by atoms with Gasteiger partial charge in [-0.1, -0.05) is 6.07 Å². The number of aliphatic hydroxyl groups is 1. The van der Waals surface area contributed by atoms with Gasteiger partial charge in [0, 0.05) is 62.5 Å². The molecule has 9 nitrogen and oxygen atoms in total. The van der Waals surface area contributed by atoms with Crippen molar-refractivity contribution in [1.29, 1.82) is 0 Å². The molecule has 0 aliphatic carbocycles. The summed E-state index contributed by atoms with van der Waals surface area (Å²) in [6.07, 6.45) is 4.99. The predicted octanol–water partition coefficient (Wildman–Crippen LogP) is 0.327. The number of piperazine rings is 1. The Bertz CT molecular complexity index is 888. The van der Waals surface area contributed by atoms with Crippen LogP contribution in [0.15, 0.2) is 30.6 Å². The minimum absolute atomic E-state index is 0.184. The summed E-state index contributed by atoms with van der Waals surface area (Å²) >= 11 is 0. The highest BCUT2D eigenvalue weighted by atomic mass is 16.3. The van der Waals surface area contributed by atoms with Crippen molar-refractivity contribution in [3.05, 3.63) is 41.9 Å². The summed E-state index contributed by atoms with van der Waals surface area (Å²) in [5, 5.41) is 21.6. The van der Waals surface area contributed by atoms with Gasteiger partial charge in [0.15, 0.2) is 0 Å². The summed E-state index contributed by atoms with van der Waals surface area (Å²) in [5.41, 5.74) is 8.51. The van der Waals surface area contributed by atoms with Gasteiger partial charge in [0.05, 0.1) is 30.1 Å². The van der Waals surface area contributed by atoms with E-state index in [1.54, 1.807) is 13.8 Å². The van der Waals surface area contributed by atoms with Crippen molar-refractivity contribution < 1.29 is 5.11 Å². The van der Waals surface area contributed by atoms with Crippen molar-refractivity contribution in [2.24, 2.45) is 5.92 Å². The molecule has 0 saturated carbocycles. The molecule has 5 rings (SSSR count). The zero-order valence-corrected chi connectivity index (χ0v) is 18.4. The number of hydrogen-bond acceptors (Lipinski definition) is 8. The summed E-state index contributed by atoms with van der Waals surface area (Å²) in [5.74, 6) is 1.51. The molecular weight excluding hydrogens is 392 g/mol. The summed E-state index contributed by atoms with van der Waals surface area (Å²) in [6, 6.07) is 7.20. The van der Waals surface area contributed by atoms with E-state index in [-0.39, 0.29) is 12.1 Å². The maximum Gasteiger partial charge on any atom is 0.128 e. The Morgan fingerprint density at radius 3 is 2.84 bits per heavy atom. The molecule has 168 valence electrons. The van der Waals surface area contributed by atoms with E-state index in [1.807, 2.05) is 10.9 Å². The first-order chi connectivity index (χ1) is 15.0. The number of nitrogens with one attached hydrogen (secondary N) is 4. The number of piperidine rings is 1. The van der Waals surface area contributed by atoms with Crippen LogP contribution in [0.2, 0.25) is 0 Å². The van der Waals surface area contributed by atoms with Crippen molar-refractivity contribution >= 4 is 5.82 Å². The number of rotatable bonds is 5. The molecule has 0 spiro atoms. The zero-order chi connectivity index (χ0) is 21.4. The van der Waals surface area contributed by atoms with E-state index >= 15 is 0 Å². The molecule has 2 aromatic heterocycles. The van der Waals surface area contributed by atoms with Crippen molar-refractivity contribution in [2.75, 3.05) is 37.6 Å². The molecule has 0 amide bonds. The van der Waals surface area contributed by atoms with Crippen LogP contribution in [0.25, 0.3) is 0 Å². The Morgan fingerprint density at radius 1 is 1.19 bits per heavy atom. The smallest absolute Gasteiger partial charge is 0.128 e. The Labute approximate surface area is 183 Å². The topological polar surface area (TPSA) is 102 Å². The van der Waals surface area contributed by atoms with E-state index in [9.17, 15) is 5.11 Å². The number of hydrogen-bond donors (Lipinski definition) is 5. The number of nitrogens with zero attached hydrogens (tertiary/aromatic N) is 4. The number of pyridine rings is 1. The SMILES string of the molecule is CC(C)(O)Cn1cc(C2CC3C(CN2)NNC3c2cccc(N3CCNCC3)n2)cn1. The minimum atomic E-state index is -0.778. The molecule has 3 aliphatic rings. The number of aromatic nitrogens is 3. The normalized spacial score (nSPS) is 29.2. The summed E-state index contributed by atoms with van der Waals surface area (Å²) in [6.45, 7) is 9.01. The van der Waals surface area contributed by atoms with Gasteiger partial charge in [-0.05, 0) is 32.4 Å². The van der Waals surface area contributed by atoms with Gasteiger partial charge in [0.1, 0.15) is 5.82 Å². The van der Waals surface area contributed by atoms with Gasteiger partial charge in [-0.3, -0.25) is 10.1 Å². The second-order valence-electron chi connectivity index (χ2n) is 9.67. The van der Waals surface area contributed by atoms with Crippen LogP contribution in [0.3, 0.4) is 0 Å². The van der Waals surface area contributed by atoms with Gasteiger partial charge in [-0.15, -0.1) is 0 Å². The zero-order valence-electron chi connectivity index (χ0n) is 18.4. The fraction of sp³-hybridized carbons (Fsp3) is 0.636. The molecule has 4 atom stereocenters. The van der Waals surface area contributed by atoms with Crippen molar-refractivity contribution in [3.63, 3.8) is 0 Å². The van der Waals surface area contributed by atoms with Crippen LogP contribution in [0.1, 0.15) is 43.6 Å². The largest absolute Gasteiger partial charge is 0.389 e. The lowest BCUT2D eigenvalue weighted by Gasteiger charge is -2.34. The maximum atomic E-state index is 10.1. The van der Waals surface area contributed by atoms with E-state index in [2.05, 4.69) is 55.9 Å². The fourth-order valence-corrected chi connectivity index (χ4v) is 5.04. The van der Waals surface area contributed by atoms with Crippen LogP contribution in [0, 0.1) is 5.92 Å². The van der Waals surface area contributed by atoms with Gasteiger partial charge in [-0.2, -0.15) is 5.10 Å². The third kappa shape index (κ3) is 4.61. The standard InChI is InChI=1S/C22H34N8O/c1-22(2,31)14-30-13-15(11-25-30)18-10-16-19(12-24-18)27-28-21(16)17-4-3-5-20(26-17)29-8-6-23-7-9-29/h3-5,11,13,16,18-19,21,23-24,27-28,31H,6-10,12,14H2,1-2H3. The molecular formula is C22H34N8O. The molecule has 3 saturated heterocycles. The van der Waals surface area contributed by atoms with Crippen molar-refractivity contribution in [3.8, 4) is 0 Å². The number of hydrazine groups is 1. The van der Waals surface area contributed by atoms with Gasteiger partial charge in [0.25, 0.3) is 0 Å². The van der Waals surface area contributed by atoms with Crippen LogP contribution in [0.5, 0.6) is 0 Å². The van der Waals surface area contributed by atoms with Gasteiger partial charge < -0.3 is 20.6 Å². The molecule has 5 N–H and O–H groups in total. The second-order valence-corrected chi connectivity index (χ2v) is 9.67. The molecule has 0 aromatic carbocycles. The quantitative estimate of drug-likeness (QED) is 0.466. The summed E-state index contributed by atoms with van der Waals surface area (Å²) < 4.78 is 1.84. The monoisotopic (exact) mass is 426 g/mol. The Morgan fingerprint density at radius 2 is 2.03 bits per heavy atom. The molecule has 0 radical (unpaired) electrons. The predicted molar refractivity (Wildman–Crippen MR) is 119 cm³/mol. The molecule has 2 aromatic rings. The van der Waals surface area contributed by atoms with E-state index < -0.39 is 5.60 Å². The molecule has 3 aliphatic heterocycles. The average molecular weight is 427 g/mol. The molecule has 4 unspecified atom stereocenters. The molecule has 31 heavy (non-hydrogen) atoms. The average Bonchev–Trinajstić information content (AvgIpc) is 3.40. The third-order valence-corrected chi connectivity index (χ3v) is 6.58. The highest BCUT2D eigenvalue weighted by molar-refractivity contribution is 5.40. The highest BCUT2D eigenvalue weighted by Gasteiger charge is 2.42. The molecule has 5 heterocycles. The van der Waals surface area contributed by atoms with E-state index in [1.165, 1.54) is 5.56 Å².